The van der Waals surface area contributed by atoms with Crippen LogP contribution >= 0.6 is 0 Å². The molecule has 0 amide bonds. The molecule has 1 aliphatic rings. The van der Waals surface area contributed by atoms with Gasteiger partial charge < -0.3 is 14.4 Å². The summed E-state index contributed by atoms with van der Waals surface area (Å²) < 4.78 is 6.46. The van der Waals surface area contributed by atoms with Crippen LogP contribution in [0.25, 0.3) is 12.0 Å². The molecule has 0 radical (unpaired) electrons. The van der Waals surface area contributed by atoms with Gasteiger partial charge in [-0.25, -0.2) is 4.98 Å². The molecule has 0 bridgehead atoms. The monoisotopic (exact) mass is 221 g/mol. The molecular formula is C11H15N3O2. The van der Waals surface area contributed by atoms with E-state index in [9.17, 15) is 5.11 Å². The van der Waals surface area contributed by atoms with Gasteiger partial charge in [-0.3, -0.25) is 5.41 Å². The molecule has 0 fully saturated rings. The van der Waals surface area contributed by atoms with E-state index >= 15 is 0 Å². The molecule has 0 saturated carbocycles. The fourth-order valence-electron chi connectivity index (χ4n) is 1.91. The first-order chi connectivity index (χ1) is 7.65. The average Bonchev–Trinajstić information content (AvgIpc) is 2.33. The van der Waals surface area contributed by atoms with Gasteiger partial charge in [0.2, 0.25) is 0 Å². The molecule has 1 aromatic heterocycles. The maximum atomic E-state index is 9.52. The largest absolute Gasteiger partial charge is 0.479 e. The highest BCUT2D eigenvalue weighted by molar-refractivity contribution is 5.28. The topological polar surface area (TPSA) is 71.1 Å². The molecule has 0 spiro atoms. The predicted octanol–water partition coefficient (Wildman–Crippen LogP) is -0.714. The van der Waals surface area contributed by atoms with Crippen LogP contribution in [0.15, 0.2) is 0 Å². The summed E-state index contributed by atoms with van der Waals surface area (Å²) in [4.78, 5) is 4.29. The first kappa shape index (κ1) is 10.7. The van der Waals surface area contributed by atoms with E-state index in [4.69, 9.17) is 10.1 Å². The fourth-order valence-corrected chi connectivity index (χ4v) is 1.91. The van der Waals surface area contributed by atoms with Crippen molar-refractivity contribution in [2.24, 2.45) is 7.05 Å². The number of fused-ring (bicyclic) bond motifs is 1. The van der Waals surface area contributed by atoms with Crippen LogP contribution in [0.4, 0.5) is 0 Å². The maximum absolute atomic E-state index is 9.52. The Hall–Kier alpha value is -1.78. The lowest BCUT2D eigenvalue weighted by atomic mass is 10.1. The number of hydrogen-bond acceptors (Lipinski definition) is 4. The molecule has 1 aliphatic carbocycles. The lowest BCUT2D eigenvalue weighted by Gasteiger charge is -2.11. The number of nitrogens with zero attached hydrogens (tertiary/aromatic N) is 2. The SMILES string of the molecule is CO/C(O)=c1\nc2c(n(C)c1=N)=CCCC2. The lowest BCUT2D eigenvalue weighted by molar-refractivity contribution is 0.229. The third-order valence-corrected chi connectivity index (χ3v) is 2.81. The van der Waals surface area contributed by atoms with Crippen LogP contribution in [0.3, 0.4) is 0 Å². The van der Waals surface area contributed by atoms with Gasteiger partial charge >= 0.3 is 5.95 Å². The summed E-state index contributed by atoms with van der Waals surface area (Å²) in [5.74, 6) is -0.297. The molecule has 5 heteroatoms. The van der Waals surface area contributed by atoms with Crippen LogP contribution in [0, 0.1) is 5.41 Å². The number of aromatic nitrogens is 2. The van der Waals surface area contributed by atoms with Gasteiger partial charge in [-0.05, 0) is 19.3 Å². The number of methoxy groups -OCH3 is 1. The summed E-state index contributed by atoms with van der Waals surface area (Å²) in [6.07, 6.45) is 5.03. The van der Waals surface area contributed by atoms with Crippen molar-refractivity contribution in [3.05, 3.63) is 21.9 Å². The third kappa shape index (κ3) is 1.58. The van der Waals surface area contributed by atoms with Crippen molar-refractivity contribution in [2.45, 2.75) is 19.3 Å². The highest BCUT2D eigenvalue weighted by Crippen LogP contribution is 2.01. The first-order valence-electron chi connectivity index (χ1n) is 5.23. The van der Waals surface area contributed by atoms with E-state index in [1.165, 1.54) is 7.11 Å². The Morgan fingerprint density at radius 1 is 1.62 bits per heavy atom. The standard InChI is InChI=1S/C11H15N3O2/c1-14-8-6-4-3-5-7(8)13-9(10(14)12)11(15)16-2/h6,12,15H,3-5H2,1-2H3/b11-9-,12-10?. The molecule has 0 saturated heterocycles. The summed E-state index contributed by atoms with van der Waals surface area (Å²) in [7, 11) is 3.17. The third-order valence-electron chi connectivity index (χ3n) is 2.81. The number of aliphatic hydroxyl groups is 1. The summed E-state index contributed by atoms with van der Waals surface area (Å²) in [6, 6.07) is 0. The van der Waals surface area contributed by atoms with E-state index in [2.05, 4.69) is 11.1 Å². The van der Waals surface area contributed by atoms with Gasteiger partial charge in [0.05, 0.1) is 18.2 Å². The minimum Gasteiger partial charge on any atom is -0.479 e. The van der Waals surface area contributed by atoms with Crippen molar-refractivity contribution in [1.82, 2.24) is 9.55 Å². The van der Waals surface area contributed by atoms with Crippen molar-refractivity contribution < 1.29 is 9.84 Å². The Morgan fingerprint density at radius 2 is 2.38 bits per heavy atom. The molecule has 0 atom stereocenters. The number of aliphatic hydroxyl groups excluding tert-OH is 1. The summed E-state index contributed by atoms with van der Waals surface area (Å²) >= 11 is 0. The number of ether oxygens (including phenoxy) is 1. The van der Waals surface area contributed by atoms with Gasteiger partial charge in [0.25, 0.3) is 0 Å². The molecule has 0 aliphatic heterocycles. The molecule has 5 nitrogen and oxygen atoms in total. The molecule has 86 valence electrons. The van der Waals surface area contributed by atoms with Gasteiger partial charge in [0.15, 0.2) is 10.8 Å². The Labute approximate surface area is 92.8 Å². The van der Waals surface area contributed by atoms with Crippen LogP contribution in [0.5, 0.6) is 0 Å². The molecule has 1 aromatic rings. The Balaban J connectivity index is 2.89. The van der Waals surface area contributed by atoms with E-state index in [0.717, 1.165) is 30.3 Å². The van der Waals surface area contributed by atoms with Gasteiger partial charge in [-0.15, -0.1) is 0 Å². The van der Waals surface area contributed by atoms with E-state index in [1.54, 1.807) is 11.6 Å². The average molecular weight is 221 g/mol. The van der Waals surface area contributed by atoms with Crippen LogP contribution in [-0.4, -0.2) is 21.8 Å². The molecule has 0 aromatic carbocycles. The zero-order valence-corrected chi connectivity index (χ0v) is 9.45. The van der Waals surface area contributed by atoms with Crippen LogP contribution in [-0.2, 0) is 18.2 Å². The van der Waals surface area contributed by atoms with Crippen LogP contribution in [0.1, 0.15) is 18.5 Å². The van der Waals surface area contributed by atoms with Crippen molar-refractivity contribution in [2.75, 3.05) is 7.11 Å². The number of aryl methyl sites for hydroxylation is 1. The lowest BCUT2D eigenvalue weighted by Crippen LogP contribution is -2.47. The van der Waals surface area contributed by atoms with Crippen molar-refractivity contribution in [1.29, 1.82) is 5.41 Å². The van der Waals surface area contributed by atoms with E-state index in [0.29, 0.717) is 0 Å². The molecule has 1 heterocycles. The Kier molecular flexibility index (Phi) is 2.68. The fraction of sp³-hybridized carbons (Fsp3) is 0.455. The Bertz CT molecular complexity index is 586. The second-order valence-electron chi connectivity index (χ2n) is 3.81. The van der Waals surface area contributed by atoms with Crippen molar-refractivity contribution in [3.8, 4) is 0 Å². The highest BCUT2D eigenvalue weighted by Gasteiger charge is 2.09. The Morgan fingerprint density at radius 3 is 3.06 bits per heavy atom. The zero-order chi connectivity index (χ0) is 11.7. The number of hydrogen-bond donors (Lipinski definition) is 2. The maximum Gasteiger partial charge on any atom is 0.307 e. The summed E-state index contributed by atoms with van der Waals surface area (Å²) in [5.41, 5.74) is 1.08. The minimum atomic E-state index is -0.297. The first-order valence-corrected chi connectivity index (χ1v) is 5.23. The zero-order valence-electron chi connectivity index (χ0n) is 9.45. The van der Waals surface area contributed by atoms with E-state index in [1.807, 2.05) is 0 Å². The van der Waals surface area contributed by atoms with Gasteiger partial charge in [0.1, 0.15) is 0 Å². The number of nitrogens with one attached hydrogen (secondary N) is 1. The summed E-state index contributed by atoms with van der Waals surface area (Å²) in [5, 5.41) is 18.6. The van der Waals surface area contributed by atoms with Crippen molar-refractivity contribution in [3.63, 3.8) is 0 Å². The second-order valence-corrected chi connectivity index (χ2v) is 3.81. The predicted molar refractivity (Wildman–Crippen MR) is 58.8 cm³/mol. The normalized spacial score (nSPS) is 16.1. The molecule has 16 heavy (non-hydrogen) atoms. The summed E-state index contributed by atoms with van der Waals surface area (Å²) in [6.45, 7) is 0. The molecule has 2 rings (SSSR count). The quantitative estimate of drug-likeness (QED) is 0.658. The van der Waals surface area contributed by atoms with Gasteiger partial charge in [-0.2, -0.15) is 0 Å². The molecule has 0 unspecified atom stereocenters. The smallest absolute Gasteiger partial charge is 0.307 e. The molecule has 2 N–H and O–H groups in total. The second kappa shape index (κ2) is 4.00. The van der Waals surface area contributed by atoms with Gasteiger partial charge in [0, 0.05) is 7.05 Å². The van der Waals surface area contributed by atoms with E-state index in [-0.39, 0.29) is 16.8 Å². The van der Waals surface area contributed by atoms with Crippen LogP contribution in [0.2, 0.25) is 0 Å². The van der Waals surface area contributed by atoms with Crippen LogP contribution < -0.4 is 16.2 Å². The molecular weight excluding hydrogens is 206 g/mol. The minimum absolute atomic E-state index is 0.163. The van der Waals surface area contributed by atoms with Crippen molar-refractivity contribution >= 4 is 12.0 Å². The van der Waals surface area contributed by atoms with Gasteiger partial charge in [-0.1, -0.05) is 6.08 Å². The van der Waals surface area contributed by atoms with E-state index < -0.39 is 0 Å². The highest BCUT2D eigenvalue weighted by atomic mass is 16.6. The number of rotatable bonds is 1.